The number of ether oxygens (including phenoxy) is 2. The molecule has 1 aliphatic rings. The van der Waals surface area contributed by atoms with Gasteiger partial charge in [-0.3, -0.25) is 10.1 Å². The van der Waals surface area contributed by atoms with Crippen LogP contribution >= 0.6 is 0 Å². The van der Waals surface area contributed by atoms with Gasteiger partial charge in [0.05, 0.1) is 18.1 Å². The number of methoxy groups -OCH3 is 2. The smallest absolute Gasteiger partial charge is 0.353 e. The van der Waals surface area contributed by atoms with E-state index in [1.165, 1.54) is 6.33 Å². The van der Waals surface area contributed by atoms with Gasteiger partial charge in [0.1, 0.15) is 6.33 Å². The van der Waals surface area contributed by atoms with Gasteiger partial charge in [-0.25, -0.2) is 9.97 Å². The van der Waals surface area contributed by atoms with Crippen LogP contribution < -0.4 is 9.80 Å². The maximum Gasteiger partial charge on any atom is 0.353 e. The third kappa shape index (κ3) is 4.26. The highest BCUT2D eigenvalue weighted by Gasteiger charge is 2.30. The van der Waals surface area contributed by atoms with Gasteiger partial charge in [0.25, 0.3) is 0 Å². The number of anilines is 2. The lowest BCUT2D eigenvalue weighted by molar-refractivity contribution is -0.383. The van der Waals surface area contributed by atoms with Crippen LogP contribution in [0.15, 0.2) is 6.33 Å². The number of hydrogen-bond acceptors (Lipinski definition) is 8. The third-order valence-electron chi connectivity index (χ3n) is 3.80. The Morgan fingerprint density at radius 1 is 1.22 bits per heavy atom. The summed E-state index contributed by atoms with van der Waals surface area (Å²) in [5.74, 6) is 0.721. The van der Waals surface area contributed by atoms with Crippen molar-refractivity contribution in [2.24, 2.45) is 0 Å². The molecule has 0 spiro atoms. The topological polar surface area (TPSA) is 93.9 Å². The summed E-state index contributed by atoms with van der Waals surface area (Å²) in [5, 5.41) is 11.7. The Bertz CT molecular complexity index is 514. The SMILES string of the molecule is COCCN(CCOC)c1ncnc(N2CCCC2)c1[N+](=O)[O-]. The molecule has 0 aliphatic carbocycles. The molecule has 0 saturated carbocycles. The van der Waals surface area contributed by atoms with Crippen molar-refractivity contribution in [1.82, 2.24) is 9.97 Å². The lowest BCUT2D eigenvalue weighted by Gasteiger charge is -2.24. The van der Waals surface area contributed by atoms with Gasteiger partial charge in [-0.05, 0) is 12.8 Å². The molecule has 1 aliphatic heterocycles. The van der Waals surface area contributed by atoms with Crippen LogP contribution in [-0.2, 0) is 9.47 Å². The van der Waals surface area contributed by atoms with Crippen molar-refractivity contribution in [3.63, 3.8) is 0 Å². The number of nitrogens with zero attached hydrogens (tertiary/aromatic N) is 5. The van der Waals surface area contributed by atoms with Crippen molar-refractivity contribution in [2.75, 3.05) is 63.4 Å². The fourth-order valence-electron chi connectivity index (χ4n) is 2.64. The van der Waals surface area contributed by atoms with Gasteiger partial charge >= 0.3 is 5.69 Å². The Kier molecular flexibility index (Phi) is 6.48. The second-order valence-electron chi connectivity index (χ2n) is 5.29. The van der Waals surface area contributed by atoms with Crippen molar-refractivity contribution < 1.29 is 14.4 Å². The average Bonchev–Trinajstić information content (AvgIpc) is 3.08. The number of hydrogen-bond donors (Lipinski definition) is 0. The van der Waals surface area contributed by atoms with Gasteiger partial charge in [-0.1, -0.05) is 0 Å². The first-order valence-electron chi connectivity index (χ1n) is 7.66. The van der Waals surface area contributed by atoms with Gasteiger partial charge in [0, 0.05) is 40.4 Å². The largest absolute Gasteiger partial charge is 0.383 e. The highest BCUT2D eigenvalue weighted by atomic mass is 16.6. The van der Waals surface area contributed by atoms with Crippen molar-refractivity contribution in [3.05, 3.63) is 16.4 Å². The zero-order chi connectivity index (χ0) is 16.7. The molecule has 1 saturated heterocycles. The van der Waals surface area contributed by atoms with Crippen molar-refractivity contribution in [2.45, 2.75) is 12.8 Å². The van der Waals surface area contributed by atoms with Crippen molar-refractivity contribution in [1.29, 1.82) is 0 Å². The minimum Gasteiger partial charge on any atom is -0.383 e. The van der Waals surface area contributed by atoms with Crippen molar-refractivity contribution >= 4 is 17.3 Å². The molecule has 1 fully saturated rings. The summed E-state index contributed by atoms with van der Waals surface area (Å²) in [6.07, 6.45) is 3.43. The first-order chi connectivity index (χ1) is 11.2. The molecule has 2 heterocycles. The van der Waals surface area contributed by atoms with E-state index in [0.717, 1.165) is 25.9 Å². The van der Waals surface area contributed by atoms with Crippen LogP contribution in [0, 0.1) is 10.1 Å². The number of rotatable bonds is 9. The molecule has 1 aromatic heterocycles. The maximum absolute atomic E-state index is 11.7. The highest BCUT2D eigenvalue weighted by molar-refractivity contribution is 5.71. The molecule has 0 N–H and O–H groups in total. The van der Waals surface area contributed by atoms with Gasteiger partial charge < -0.3 is 19.3 Å². The van der Waals surface area contributed by atoms with E-state index in [-0.39, 0.29) is 5.69 Å². The normalized spacial score (nSPS) is 14.3. The van der Waals surface area contributed by atoms with E-state index >= 15 is 0 Å². The average molecular weight is 325 g/mol. The minimum atomic E-state index is -0.393. The van der Waals surface area contributed by atoms with Crippen LogP contribution in [0.4, 0.5) is 17.3 Å². The van der Waals surface area contributed by atoms with Crippen molar-refractivity contribution in [3.8, 4) is 0 Å². The van der Waals surface area contributed by atoms with Crippen LogP contribution in [0.5, 0.6) is 0 Å². The zero-order valence-electron chi connectivity index (χ0n) is 13.6. The maximum atomic E-state index is 11.7. The van der Waals surface area contributed by atoms with Crippen LogP contribution in [-0.4, -0.2) is 68.5 Å². The predicted octanol–water partition coefficient (Wildman–Crippen LogP) is 1.08. The molecule has 0 atom stereocenters. The summed E-state index contributed by atoms with van der Waals surface area (Å²) < 4.78 is 10.2. The molecule has 1 aromatic rings. The Labute approximate surface area is 135 Å². The van der Waals surface area contributed by atoms with Crippen LogP contribution in [0.2, 0.25) is 0 Å². The zero-order valence-corrected chi connectivity index (χ0v) is 13.6. The van der Waals surface area contributed by atoms with Crippen LogP contribution in [0.3, 0.4) is 0 Å². The Morgan fingerprint density at radius 3 is 2.35 bits per heavy atom. The van der Waals surface area contributed by atoms with Gasteiger partial charge in [-0.15, -0.1) is 0 Å². The Hall–Kier alpha value is -2.00. The molecular formula is C14H23N5O4. The second-order valence-corrected chi connectivity index (χ2v) is 5.29. The summed E-state index contributed by atoms with van der Waals surface area (Å²) in [6, 6.07) is 0. The van der Waals surface area contributed by atoms with Gasteiger partial charge in [-0.2, -0.15) is 0 Å². The van der Waals surface area contributed by atoms with E-state index in [1.54, 1.807) is 14.2 Å². The molecule has 9 heteroatoms. The molecule has 23 heavy (non-hydrogen) atoms. The van der Waals surface area contributed by atoms with E-state index in [1.807, 2.05) is 9.80 Å². The molecule has 2 rings (SSSR count). The number of nitro groups is 1. The van der Waals surface area contributed by atoms with Gasteiger partial charge in [0.2, 0.25) is 11.6 Å². The molecule has 0 amide bonds. The second kappa shape index (κ2) is 8.59. The van der Waals surface area contributed by atoms with Crippen LogP contribution in [0.1, 0.15) is 12.8 Å². The van der Waals surface area contributed by atoms with E-state index in [9.17, 15) is 10.1 Å². The van der Waals surface area contributed by atoms with E-state index in [2.05, 4.69) is 9.97 Å². The monoisotopic (exact) mass is 325 g/mol. The third-order valence-corrected chi connectivity index (χ3v) is 3.80. The molecule has 0 unspecified atom stereocenters. The Morgan fingerprint density at radius 2 is 1.83 bits per heavy atom. The standard InChI is InChI=1S/C14H23N5O4/c1-22-9-7-18(8-10-23-2)14-12(19(20)21)13(15-11-16-14)17-5-3-4-6-17/h11H,3-10H2,1-2H3. The summed E-state index contributed by atoms with van der Waals surface area (Å²) in [5.41, 5.74) is -0.0402. The fourth-order valence-corrected chi connectivity index (χ4v) is 2.64. The summed E-state index contributed by atoms with van der Waals surface area (Å²) >= 11 is 0. The highest BCUT2D eigenvalue weighted by Crippen LogP contribution is 2.35. The molecule has 0 bridgehead atoms. The molecule has 0 aromatic carbocycles. The first-order valence-corrected chi connectivity index (χ1v) is 7.66. The molecule has 9 nitrogen and oxygen atoms in total. The molecule has 0 radical (unpaired) electrons. The quantitative estimate of drug-likeness (QED) is 0.492. The fraction of sp³-hybridized carbons (Fsp3) is 0.714. The molecule has 128 valence electrons. The number of aromatic nitrogens is 2. The van der Waals surface area contributed by atoms with Crippen LogP contribution in [0.25, 0.3) is 0 Å². The predicted molar refractivity (Wildman–Crippen MR) is 86.1 cm³/mol. The summed E-state index contributed by atoms with van der Waals surface area (Å²) in [7, 11) is 3.19. The minimum absolute atomic E-state index is 0.0402. The Balaban J connectivity index is 2.37. The lowest BCUT2D eigenvalue weighted by atomic mass is 10.3. The van der Waals surface area contributed by atoms with E-state index < -0.39 is 4.92 Å². The molecular weight excluding hydrogens is 302 g/mol. The van der Waals surface area contributed by atoms with E-state index in [0.29, 0.717) is 37.9 Å². The summed E-state index contributed by atoms with van der Waals surface area (Å²) in [6.45, 7) is 3.46. The first kappa shape index (κ1) is 17.4. The summed E-state index contributed by atoms with van der Waals surface area (Å²) in [4.78, 5) is 23.4. The van der Waals surface area contributed by atoms with E-state index in [4.69, 9.17) is 9.47 Å². The van der Waals surface area contributed by atoms with Gasteiger partial charge in [0.15, 0.2) is 0 Å². The lowest BCUT2D eigenvalue weighted by Crippen LogP contribution is -2.32.